The third-order valence-corrected chi connectivity index (χ3v) is 2.24. The molecule has 1 atom stereocenters. The maximum Gasteiger partial charge on any atom is 0.138 e. The molecule has 1 N–H and O–H groups in total. The third-order valence-electron chi connectivity index (χ3n) is 1.77. The summed E-state index contributed by atoms with van der Waals surface area (Å²) in [6.07, 6.45) is -1.30. The van der Waals surface area contributed by atoms with E-state index in [1.165, 1.54) is 25.3 Å². The number of hydrogen-bond acceptors (Lipinski definition) is 2. The first-order chi connectivity index (χ1) is 6.57. The zero-order chi connectivity index (χ0) is 10.7. The van der Waals surface area contributed by atoms with Crippen molar-refractivity contribution in [1.29, 1.82) is 0 Å². The molecule has 1 unspecified atom stereocenters. The van der Waals surface area contributed by atoms with E-state index in [1.807, 2.05) is 0 Å². The first-order valence-electron chi connectivity index (χ1n) is 3.86. The van der Waals surface area contributed by atoms with E-state index in [-0.39, 0.29) is 11.3 Å². The van der Waals surface area contributed by atoms with Crippen LogP contribution in [0.15, 0.2) is 18.2 Å². The standard InChI is InChI=1S/C9H9Cl2FO2/c1-14-6-4-2-3-5(12)7(6)8(13)9(10)11/h2-4,8-9,13H,1H3. The van der Waals surface area contributed by atoms with Crippen LogP contribution < -0.4 is 4.74 Å². The van der Waals surface area contributed by atoms with Gasteiger partial charge in [0, 0.05) is 0 Å². The van der Waals surface area contributed by atoms with E-state index in [9.17, 15) is 9.50 Å². The summed E-state index contributed by atoms with van der Waals surface area (Å²) in [7, 11) is 1.38. The van der Waals surface area contributed by atoms with Gasteiger partial charge in [-0.2, -0.15) is 0 Å². The minimum Gasteiger partial charge on any atom is -0.496 e. The minimum absolute atomic E-state index is 0.0231. The summed E-state index contributed by atoms with van der Waals surface area (Å²) in [4.78, 5) is -1.10. The van der Waals surface area contributed by atoms with Gasteiger partial charge in [0.05, 0.1) is 12.7 Å². The number of ether oxygens (including phenoxy) is 1. The molecule has 0 saturated carbocycles. The molecule has 0 aliphatic carbocycles. The van der Waals surface area contributed by atoms with Crippen molar-refractivity contribution < 1.29 is 14.2 Å². The van der Waals surface area contributed by atoms with Gasteiger partial charge in [-0.05, 0) is 12.1 Å². The van der Waals surface area contributed by atoms with Crippen LogP contribution in [0.1, 0.15) is 11.7 Å². The number of methoxy groups -OCH3 is 1. The Balaban J connectivity index is 3.16. The number of benzene rings is 1. The van der Waals surface area contributed by atoms with Crippen LogP contribution >= 0.6 is 23.2 Å². The summed E-state index contributed by atoms with van der Waals surface area (Å²) >= 11 is 10.9. The Bertz CT molecular complexity index is 318. The normalized spacial score (nSPS) is 13.0. The molecule has 1 aromatic carbocycles. The van der Waals surface area contributed by atoms with Crippen LogP contribution in [0.25, 0.3) is 0 Å². The van der Waals surface area contributed by atoms with Gasteiger partial charge in [-0.1, -0.05) is 6.07 Å². The van der Waals surface area contributed by atoms with Crippen molar-refractivity contribution in [3.8, 4) is 5.75 Å². The lowest BCUT2D eigenvalue weighted by molar-refractivity contribution is 0.182. The molecule has 1 aromatic rings. The molecule has 0 aromatic heterocycles. The highest BCUT2D eigenvalue weighted by molar-refractivity contribution is 6.44. The fourth-order valence-corrected chi connectivity index (χ4v) is 1.36. The second-order valence-electron chi connectivity index (χ2n) is 2.64. The van der Waals surface area contributed by atoms with Gasteiger partial charge in [-0.3, -0.25) is 0 Å². The predicted octanol–water partition coefficient (Wildman–Crippen LogP) is 2.67. The maximum atomic E-state index is 13.3. The number of hydrogen-bond donors (Lipinski definition) is 1. The molecule has 1 rings (SSSR count). The molecule has 0 radical (unpaired) electrons. The Labute approximate surface area is 91.2 Å². The molecular weight excluding hydrogens is 230 g/mol. The van der Waals surface area contributed by atoms with Crippen LogP contribution in [0.5, 0.6) is 5.75 Å². The van der Waals surface area contributed by atoms with Crippen LogP contribution in [0.2, 0.25) is 0 Å². The number of aliphatic hydroxyl groups excluding tert-OH is 1. The highest BCUT2D eigenvalue weighted by Crippen LogP contribution is 2.32. The highest BCUT2D eigenvalue weighted by Gasteiger charge is 2.23. The van der Waals surface area contributed by atoms with E-state index in [2.05, 4.69) is 0 Å². The molecule has 0 aliphatic rings. The van der Waals surface area contributed by atoms with Crippen molar-refractivity contribution in [3.05, 3.63) is 29.6 Å². The van der Waals surface area contributed by atoms with E-state index >= 15 is 0 Å². The van der Waals surface area contributed by atoms with Crippen molar-refractivity contribution in [2.75, 3.05) is 7.11 Å². The third kappa shape index (κ3) is 2.29. The lowest BCUT2D eigenvalue weighted by Crippen LogP contribution is -2.10. The van der Waals surface area contributed by atoms with Crippen LogP contribution in [-0.2, 0) is 0 Å². The molecular formula is C9H9Cl2FO2. The summed E-state index contributed by atoms with van der Waals surface area (Å²) < 4.78 is 18.2. The van der Waals surface area contributed by atoms with Gasteiger partial charge < -0.3 is 9.84 Å². The van der Waals surface area contributed by atoms with Gasteiger partial charge in [0.2, 0.25) is 0 Å². The lowest BCUT2D eigenvalue weighted by atomic mass is 10.1. The van der Waals surface area contributed by atoms with Crippen molar-refractivity contribution in [2.24, 2.45) is 0 Å². The van der Waals surface area contributed by atoms with Gasteiger partial charge >= 0.3 is 0 Å². The summed E-state index contributed by atoms with van der Waals surface area (Å²) in [6.45, 7) is 0. The molecule has 5 heteroatoms. The summed E-state index contributed by atoms with van der Waals surface area (Å²) in [6, 6.07) is 4.21. The van der Waals surface area contributed by atoms with Crippen molar-refractivity contribution >= 4 is 23.2 Å². The Morgan fingerprint density at radius 2 is 2.07 bits per heavy atom. The average Bonchev–Trinajstić information content (AvgIpc) is 2.16. The SMILES string of the molecule is COc1cccc(F)c1C(O)C(Cl)Cl. The molecule has 0 amide bonds. The number of rotatable bonds is 3. The van der Waals surface area contributed by atoms with Crippen molar-refractivity contribution in [2.45, 2.75) is 10.9 Å². The second-order valence-corrected chi connectivity index (χ2v) is 3.80. The fraction of sp³-hybridized carbons (Fsp3) is 0.333. The first-order valence-corrected chi connectivity index (χ1v) is 4.73. The average molecular weight is 239 g/mol. The molecule has 14 heavy (non-hydrogen) atoms. The molecule has 0 aliphatic heterocycles. The number of halogens is 3. The summed E-state index contributed by atoms with van der Waals surface area (Å²) in [5, 5.41) is 9.51. The summed E-state index contributed by atoms with van der Waals surface area (Å²) in [5.41, 5.74) is -0.0231. The Hall–Kier alpha value is -0.510. The fourth-order valence-electron chi connectivity index (χ4n) is 1.11. The molecule has 78 valence electrons. The van der Waals surface area contributed by atoms with E-state index < -0.39 is 16.8 Å². The zero-order valence-electron chi connectivity index (χ0n) is 7.38. The zero-order valence-corrected chi connectivity index (χ0v) is 8.89. The van der Waals surface area contributed by atoms with Gasteiger partial charge in [0.25, 0.3) is 0 Å². The predicted molar refractivity (Wildman–Crippen MR) is 53.4 cm³/mol. The quantitative estimate of drug-likeness (QED) is 0.821. The first kappa shape index (κ1) is 11.6. The Morgan fingerprint density at radius 3 is 2.57 bits per heavy atom. The van der Waals surface area contributed by atoms with Gasteiger partial charge in [0.15, 0.2) is 0 Å². The Kier molecular flexibility index (Phi) is 3.98. The van der Waals surface area contributed by atoms with Gasteiger partial charge in [-0.25, -0.2) is 4.39 Å². The van der Waals surface area contributed by atoms with E-state index in [1.54, 1.807) is 0 Å². The van der Waals surface area contributed by atoms with Gasteiger partial charge in [-0.15, -0.1) is 23.2 Å². The van der Waals surface area contributed by atoms with Crippen LogP contribution in [-0.4, -0.2) is 17.1 Å². The molecule has 0 saturated heterocycles. The summed E-state index contributed by atoms with van der Waals surface area (Å²) in [5.74, 6) is -0.369. The van der Waals surface area contributed by atoms with Crippen LogP contribution in [0.3, 0.4) is 0 Å². The van der Waals surface area contributed by atoms with Crippen molar-refractivity contribution in [3.63, 3.8) is 0 Å². The van der Waals surface area contributed by atoms with E-state index in [4.69, 9.17) is 27.9 Å². The molecule has 2 nitrogen and oxygen atoms in total. The van der Waals surface area contributed by atoms with Crippen LogP contribution in [0.4, 0.5) is 4.39 Å². The number of alkyl halides is 2. The van der Waals surface area contributed by atoms with E-state index in [0.717, 1.165) is 0 Å². The maximum absolute atomic E-state index is 13.3. The molecule has 0 heterocycles. The van der Waals surface area contributed by atoms with E-state index in [0.29, 0.717) is 0 Å². The molecule has 0 bridgehead atoms. The second kappa shape index (κ2) is 4.82. The molecule has 0 spiro atoms. The molecule has 0 fully saturated rings. The van der Waals surface area contributed by atoms with Gasteiger partial charge in [0.1, 0.15) is 22.5 Å². The highest BCUT2D eigenvalue weighted by atomic mass is 35.5. The minimum atomic E-state index is -1.30. The smallest absolute Gasteiger partial charge is 0.138 e. The van der Waals surface area contributed by atoms with Crippen LogP contribution in [0, 0.1) is 5.82 Å². The topological polar surface area (TPSA) is 29.5 Å². The number of aliphatic hydroxyl groups is 1. The largest absolute Gasteiger partial charge is 0.496 e. The van der Waals surface area contributed by atoms with Crippen molar-refractivity contribution in [1.82, 2.24) is 0 Å². The monoisotopic (exact) mass is 238 g/mol. The Morgan fingerprint density at radius 1 is 1.43 bits per heavy atom. The lowest BCUT2D eigenvalue weighted by Gasteiger charge is -2.15.